The molecule has 1 heterocycles. The molecule has 0 N–H and O–H groups in total. The van der Waals surface area contributed by atoms with Crippen LogP contribution in [0.15, 0.2) is 164 Å². The summed E-state index contributed by atoms with van der Waals surface area (Å²) in [5, 5.41) is 7.51. The number of rotatable bonds is 4. The van der Waals surface area contributed by atoms with Gasteiger partial charge in [0.25, 0.3) is 0 Å². The van der Waals surface area contributed by atoms with Crippen molar-refractivity contribution in [2.24, 2.45) is 0 Å². The Morgan fingerprint density at radius 3 is 1.96 bits per heavy atom. The number of para-hydroxylation sites is 1. The van der Waals surface area contributed by atoms with Crippen LogP contribution in [0, 0.1) is 6.92 Å². The summed E-state index contributed by atoms with van der Waals surface area (Å²) in [6.07, 6.45) is 0. The maximum Gasteiger partial charge on any atom is 0.0562 e. The standard InChI is InChI=1S/C48H36N2/c1-31-23-25-33(26-24-31)49(34-27-28-38-37-16-8-10-19-41(37)48(2,3)42(38)30-34)44-21-12-22-45-47(44)40-18-9-11-20-43(40)50(45)46-29-32-13-4-5-14-35(32)36-15-6-7-17-39(36)46/h4-30H,1-3H3. The van der Waals surface area contributed by atoms with Gasteiger partial charge in [0, 0.05) is 32.9 Å². The lowest BCUT2D eigenvalue weighted by atomic mass is 9.82. The van der Waals surface area contributed by atoms with Crippen molar-refractivity contribution in [2.45, 2.75) is 26.2 Å². The third-order valence-corrected chi connectivity index (χ3v) is 11.0. The number of nitrogens with zero attached hydrogens (tertiary/aromatic N) is 2. The van der Waals surface area contributed by atoms with Gasteiger partial charge in [0.2, 0.25) is 0 Å². The van der Waals surface area contributed by atoms with Crippen molar-refractivity contribution in [3.8, 4) is 16.8 Å². The van der Waals surface area contributed by atoms with Gasteiger partial charge in [0.15, 0.2) is 0 Å². The summed E-state index contributed by atoms with van der Waals surface area (Å²) in [6, 6.07) is 60.6. The average Bonchev–Trinajstić information content (AvgIpc) is 3.61. The first-order valence-electron chi connectivity index (χ1n) is 17.5. The summed E-state index contributed by atoms with van der Waals surface area (Å²) in [7, 11) is 0. The number of fused-ring (bicyclic) bond motifs is 9. The molecule has 0 saturated heterocycles. The Labute approximate surface area is 292 Å². The molecule has 50 heavy (non-hydrogen) atoms. The molecule has 1 aliphatic carbocycles. The van der Waals surface area contributed by atoms with Gasteiger partial charge in [-0.1, -0.05) is 135 Å². The minimum atomic E-state index is -0.0972. The van der Waals surface area contributed by atoms with E-state index >= 15 is 0 Å². The smallest absolute Gasteiger partial charge is 0.0562 e. The van der Waals surface area contributed by atoms with Crippen molar-refractivity contribution in [1.82, 2.24) is 4.57 Å². The monoisotopic (exact) mass is 640 g/mol. The zero-order chi connectivity index (χ0) is 33.6. The molecule has 0 unspecified atom stereocenters. The van der Waals surface area contributed by atoms with Gasteiger partial charge in [-0.2, -0.15) is 0 Å². The first-order chi connectivity index (χ1) is 24.5. The molecular weight excluding hydrogens is 605 g/mol. The number of hydrogen-bond donors (Lipinski definition) is 0. The normalized spacial score (nSPS) is 13.3. The molecule has 1 aliphatic rings. The van der Waals surface area contributed by atoms with Crippen LogP contribution in [0.3, 0.4) is 0 Å². The van der Waals surface area contributed by atoms with Crippen molar-refractivity contribution in [3.63, 3.8) is 0 Å². The molecule has 1 aromatic heterocycles. The lowest BCUT2D eigenvalue weighted by molar-refractivity contribution is 0.660. The Morgan fingerprint density at radius 2 is 1.12 bits per heavy atom. The van der Waals surface area contributed by atoms with E-state index in [0.717, 1.165) is 11.4 Å². The van der Waals surface area contributed by atoms with Crippen LogP contribution in [0.25, 0.3) is 60.2 Å². The molecule has 0 spiro atoms. The van der Waals surface area contributed by atoms with E-state index in [9.17, 15) is 0 Å². The SMILES string of the molecule is Cc1ccc(N(c2ccc3c(c2)C(C)(C)c2ccccc2-3)c2cccc3c2c2ccccc2n3-c2cc3ccccc3c3ccccc23)cc1. The third kappa shape index (κ3) is 4.09. The topological polar surface area (TPSA) is 8.17 Å². The predicted octanol–water partition coefficient (Wildman–Crippen LogP) is 13.2. The van der Waals surface area contributed by atoms with Crippen molar-refractivity contribution >= 4 is 60.4 Å². The molecule has 0 fully saturated rings. The zero-order valence-corrected chi connectivity index (χ0v) is 28.5. The summed E-state index contributed by atoms with van der Waals surface area (Å²) >= 11 is 0. The van der Waals surface area contributed by atoms with E-state index in [1.54, 1.807) is 0 Å². The second-order valence-corrected chi connectivity index (χ2v) is 14.3. The highest BCUT2D eigenvalue weighted by Crippen LogP contribution is 2.51. The maximum absolute atomic E-state index is 2.48. The number of aryl methyl sites for hydroxylation is 1. The van der Waals surface area contributed by atoms with Crippen LogP contribution in [-0.2, 0) is 5.41 Å². The highest BCUT2D eigenvalue weighted by atomic mass is 15.1. The molecule has 238 valence electrons. The van der Waals surface area contributed by atoms with Crippen LogP contribution in [0.5, 0.6) is 0 Å². The highest BCUT2D eigenvalue weighted by Gasteiger charge is 2.36. The molecule has 0 atom stereocenters. The van der Waals surface area contributed by atoms with E-state index in [4.69, 9.17) is 0 Å². The predicted molar refractivity (Wildman–Crippen MR) is 213 cm³/mol. The quantitative estimate of drug-likeness (QED) is 0.174. The Hall–Kier alpha value is -6.12. The van der Waals surface area contributed by atoms with Crippen LogP contribution in [0.1, 0.15) is 30.5 Å². The van der Waals surface area contributed by atoms with E-state index < -0.39 is 0 Å². The summed E-state index contributed by atoms with van der Waals surface area (Å²) in [5.74, 6) is 0. The lowest BCUT2D eigenvalue weighted by Gasteiger charge is -2.29. The highest BCUT2D eigenvalue weighted by molar-refractivity contribution is 6.19. The van der Waals surface area contributed by atoms with Crippen LogP contribution in [0.2, 0.25) is 0 Å². The minimum Gasteiger partial charge on any atom is -0.310 e. The summed E-state index contributed by atoms with van der Waals surface area (Å²) < 4.78 is 2.48. The third-order valence-electron chi connectivity index (χ3n) is 11.0. The van der Waals surface area contributed by atoms with Crippen LogP contribution in [-0.4, -0.2) is 4.57 Å². The second kappa shape index (κ2) is 10.7. The number of benzene rings is 8. The largest absolute Gasteiger partial charge is 0.310 e. The summed E-state index contributed by atoms with van der Waals surface area (Å²) in [5.41, 5.74) is 13.6. The van der Waals surface area contributed by atoms with Gasteiger partial charge in [-0.3, -0.25) is 0 Å². The molecule has 10 rings (SSSR count). The van der Waals surface area contributed by atoms with Crippen LogP contribution >= 0.6 is 0 Å². The summed E-state index contributed by atoms with van der Waals surface area (Å²) in [4.78, 5) is 2.47. The van der Waals surface area contributed by atoms with Gasteiger partial charge >= 0.3 is 0 Å². The molecule has 8 aromatic carbocycles. The fourth-order valence-corrected chi connectivity index (χ4v) is 8.62. The van der Waals surface area contributed by atoms with Gasteiger partial charge < -0.3 is 9.47 Å². The zero-order valence-electron chi connectivity index (χ0n) is 28.5. The van der Waals surface area contributed by atoms with Gasteiger partial charge in [0.1, 0.15) is 0 Å². The van der Waals surface area contributed by atoms with Gasteiger partial charge in [-0.15, -0.1) is 0 Å². The molecule has 2 heteroatoms. The van der Waals surface area contributed by atoms with Crippen LogP contribution in [0.4, 0.5) is 17.1 Å². The molecular formula is C48H36N2. The first kappa shape index (κ1) is 28.9. The number of aromatic nitrogens is 1. The lowest BCUT2D eigenvalue weighted by Crippen LogP contribution is -2.16. The van der Waals surface area contributed by atoms with E-state index in [2.05, 4.69) is 194 Å². The Balaban J connectivity index is 1.28. The van der Waals surface area contributed by atoms with E-state index in [0.29, 0.717) is 0 Å². The molecule has 9 aromatic rings. The Bertz CT molecular complexity index is 2800. The van der Waals surface area contributed by atoms with Gasteiger partial charge in [-0.05, 0) is 93.9 Å². The maximum atomic E-state index is 2.48. The van der Waals surface area contributed by atoms with Gasteiger partial charge in [-0.25, -0.2) is 0 Å². The van der Waals surface area contributed by atoms with Crippen molar-refractivity contribution in [1.29, 1.82) is 0 Å². The van der Waals surface area contributed by atoms with Gasteiger partial charge in [0.05, 0.1) is 22.4 Å². The Kier molecular flexibility index (Phi) is 6.17. The minimum absolute atomic E-state index is 0.0972. The van der Waals surface area contributed by atoms with E-state index in [1.165, 1.54) is 82.5 Å². The van der Waals surface area contributed by atoms with Crippen molar-refractivity contribution in [3.05, 3.63) is 180 Å². The molecule has 0 saturated carbocycles. The fraction of sp³-hybridized carbons (Fsp3) is 0.0833. The first-order valence-corrected chi connectivity index (χ1v) is 17.5. The number of anilines is 3. The molecule has 0 radical (unpaired) electrons. The Morgan fingerprint density at radius 1 is 0.480 bits per heavy atom. The molecule has 0 amide bonds. The van der Waals surface area contributed by atoms with E-state index in [1.807, 2.05) is 0 Å². The average molecular weight is 641 g/mol. The molecule has 0 aliphatic heterocycles. The van der Waals surface area contributed by atoms with E-state index in [-0.39, 0.29) is 5.41 Å². The fourth-order valence-electron chi connectivity index (χ4n) is 8.62. The van der Waals surface area contributed by atoms with Crippen LogP contribution < -0.4 is 4.90 Å². The molecule has 2 nitrogen and oxygen atoms in total. The number of hydrogen-bond acceptors (Lipinski definition) is 1. The molecule has 0 bridgehead atoms. The summed E-state index contributed by atoms with van der Waals surface area (Å²) in [6.45, 7) is 6.88. The van der Waals surface area contributed by atoms with Crippen molar-refractivity contribution < 1.29 is 0 Å². The second-order valence-electron chi connectivity index (χ2n) is 14.3. The van der Waals surface area contributed by atoms with Crippen molar-refractivity contribution in [2.75, 3.05) is 4.90 Å².